The number of hydrogen-bond acceptors (Lipinski definition) is 2. The normalized spacial score (nSPS) is 20.9. The third-order valence-electron chi connectivity index (χ3n) is 1.69. The van der Waals surface area contributed by atoms with Gasteiger partial charge < -0.3 is 4.74 Å². The van der Waals surface area contributed by atoms with Crippen LogP contribution in [0.4, 0.5) is 8.78 Å². The Bertz CT molecular complexity index is 316. The Morgan fingerprint density at radius 1 is 1.50 bits per heavy atom. The molecule has 0 aliphatic heterocycles. The molecule has 0 saturated carbocycles. The second-order valence-electron chi connectivity index (χ2n) is 2.69. The first-order chi connectivity index (χ1) is 6.65. The van der Waals surface area contributed by atoms with E-state index < -0.39 is 23.5 Å². The Kier molecular flexibility index (Phi) is 3.56. The largest absolute Gasteiger partial charge is 0.465 e. The number of carbonyl (C=O) groups is 1. The summed E-state index contributed by atoms with van der Waals surface area (Å²) in [5.74, 6) is -3.14. The molecule has 0 fully saturated rings. The second-order valence-corrected chi connectivity index (χ2v) is 2.69. The zero-order valence-corrected chi connectivity index (χ0v) is 7.67. The van der Waals surface area contributed by atoms with Crippen molar-refractivity contribution in [3.05, 3.63) is 36.0 Å². The maximum Gasteiger partial charge on any atom is 0.319 e. The van der Waals surface area contributed by atoms with Crippen LogP contribution in [-0.2, 0) is 9.53 Å². The summed E-state index contributed by atoms with van der Waals surface area (Å²) in [6.07, 6.45) is 4.08. The summed E-state index contributed by atoms with van der Waals surface area (Å²) in [5.41, 5.74) is 0. The Morgan fingerprint density at radius 3 is 2.86 bits per heavy atom. The molecule has 0 spiro atoms. The van der Waals surface area contributed by atoms with Crippen LogP contribution in [0.5, 0.6) is 0 Å². The lowest BCUT2D eigenvalue weighted by Crippen LogP contribution is -2.16. The van der Waals surface area contributed by atoms with Crippen molar-refractivity contribution in [1.29, 1.82) is 0 Å². The minimum Gasteiger partial charge on any atom is -0.465 e. The fourth-order valence-electron chi connectivity index (χ4n) is 1.02. The molecule has 0 radical (unpaired) electrons. The molecule has 1 aliphatic carbocycles. The number of halogens is 2. The Balaban J connectivity index is 2.81. The first-order valence-electron chi connectivity index (χ1n) is 4.23. The summed E-state index contributed by atoms with van der Waals surface area (Å²) in [5, 5.41) is 0. The van der Waals surface area contributed by atoms with Gasteiger partial charge in [-0.3, -0.25) is 4.79 Å². The average molecular weight is 200 g/mol. The van der Waals surface area contributed by atoms with E-state index in [1.54, 1.807) is 6.92 Å². The van der Waals surface area contributed by atoms with Crippen LogP contribution in [-0.4, -0.2) is 12.6 Å². The summed E-state index contributed by atoms with van der Waals surface area (Å²) in [4.78, 5) is 11.2. The monoisotopic (exact) mass is 200 g/mol. The first-order valence-corrected chi connectivity index (χ1v) is 4.23. The Morgan fingerprint density at radius 2 is 2.21 bits per heavy atom. The average Bonchev–Trinajstić information content (AvgIpc) is 2.30. The van der Waals surface area contributed by atoms with Crippen molar-refractivity contribution in [3.63, 3.8) is 0 Å². The third kappa shape index (κ3) is 2.52. The molecule has 0 amide bonds. The number of allylic oxidation sites excluding steroid dienone is 4. The molecular formula is C10H10F2O2. The van der Waals surface area contributed by atoms with Crippen molar-refractivity contribution in [3.8, 4) is 0 Å². The molecule has 1 aliphatic rings. The lowest BCUT2D eigenvalue weighted by Gasteiger charge is -2.07. The van der Waals surface area contributed by atoms with E-state index in [1.807, 2.05) is 0 Å². The molecule has 0 heterocycles. The number of ether oxygens (including phenoxy) is 1. The van der Waals surface area contributed by atoms with Gasteiger partial charge in [-0.05, 0) is 25.2 Å². The Labute approximate surface area is 80.6 Å². The van der Waals surface area contributed by atoms with E-state index in [0.29, 0.717) is 0 Å². The maximum atomic E-state index is 13.2. The minimum absolute atomic E-state index is 0.173. The summed E-state index contributed by atoms with van der Waals surface area (Å²) >= 11 is 0. The van der Waals surface area contributed by atoms with E-state index >= 15 is 0 Å². The van der Waals surface area contributed by atoms with Crippen LogP contribution in [0.15, 0.2) is 36.0 Å². The van der Waals surface area contributed by atoms with Crippen molar-refractivity contribution in [2.24, 2.45) is 5.92 Å². The highest BCUT2D eigenvalue weighted by Gasteiger charge is 2.22. The fraction of sp³-hybridized carbons (Fsp3) is 0.300. The van der Waals surface area contributed by atoms with Crippen LogP contribution < -0.4 is 0 Å². The van der Waals surface area contributed by atoms with Crippen molar-refractivity contribution < 1.29 is 18.3 Å². The first kappa shape index (κ1) is 10.6. The van der Waals surface area contributed by atoms with E-state index in [-0.39, 0.29) is 6.61 Å². The summed E-state index contributed by atoms with van der Waals surface area (Å²) in [6, 6.07) is 0. The van der Waals surface area contributed by atoms with Crippen LogP contribution in [0.3, 0.4) is 0 Å². The summed E-state index contributed by atoms with van der Waals surface area (Å²) in [6.45, 7) is 1.80. The molecule has 14 heavy (non-hydrogen) atoms. The van der Waals surface area contributed by atoms with E-state index in [4.69, 9.17) is 0 Å². The lowest BCUT2D eigenvalue weighted by atomic mass is 10.1. The molecule has 0 aromatic carbocycles. The maximum absolute atomic E-state index is 13.2. The van der Waals surface area contributed by atoms with Crippen LogP contribution in [0.2, 0.25) is 0 Å². The zero-order chi connectivity index (χ0) is 10.6. The smallest absolute Gasteiger partial charge is 0.319 e. The molecule has 4 heteroatoms. The molecule has 1 unspecified atom stereocenters. The van der Waals surface area contributed by atoms with Crippen LogP contribution in [0, 0.1) is 5.92 Å². The molecule has 1 rings (SSSR count). The third-order valence-corrected chi connectivity index (χ3v) is 1.69. The minimum atomic E-state index is -1.13. The van der Waals surface area contributed by atoms with Gasteiger partial charge in [0, 0.05) is 0 Å². The van der Waals surface area contributed by atoms with Gasteiger partial charge in [0.05, 0.1) is 6.61 Å². The van der Waals surface area contributed by atoms with Crippen molar-refractivity contribution in [1.82, 2.24) is 0 Å². The Hall–Kier alpha value is -1.45. The molecule has 76 valence electrons. The van der Waals surface area contributed by atoms with Crippen molar-refractivity contribution >= 4 is 5.97 Å². The number of esters is 1. The van der Waals surface area contributed by atoms with Crippen LogP contribution in [0.25, 0.3) is 0 Å². The number of rotatable bonds is 2. The zero-order valence-electron chi connectivity index (χ0n) is 7.67. The highest BCUT2D eigenvalue weighted by atomic mass is 19.1. The molecule has 0 aromatic rings. The van der Waals surface area contributed by atoms with Gasteiger partial charge in [0.15, 0.2) is 0 Å². The van der Waals surface area contributed by atoms with Gasteiger partial charge in [0.1, 0.15) is 17.6 Å². The van der Waals surface area contributed by atoms with Gasteiger partial charge in [-0.15, -0.1) is 0 Å². The van der Waals surface area contributed by atoms with Gasteiger partial charge in [-0.25, -0.2) is 8.78 Å². The molecule has 0 N–H and O–H groups in total. The van der Waals surface area contributed by atoms with Crippen molar-refractivity contribution in [2.45, 2.75) is 6.92 Å². The number of carbonyl (C=O) groups excluding carboxylic acids is 1. The number of hydrogen-bond donors (Lipinski definition) is 0. The SMILES string of the molecule is CCOC(=O)C1C=CC(F)=CC=C1F. The lowest BCUT2D eigenvalue weighted by molar-refractivity contribution is -0.145. The fourth-order valence-corrected chi connectivity index (χ4v) is 1.02. The van der Waals surface area contributed by atoms with Crippen LogP contribution >= 0.6 is 0 Å². The van der Waals surface area contributed by atoms with Gasteiger partial charge in [0.25, 0.3) is 0 Å². The highest BCUT2D eigenvalue weighted by Crippen LogP contribution is 2.21. The van der Waals surface area contributed by atoms with Crippen molar-refractivity contribution in [2.75, 3.05) is 6.61 Å². The van der Waals surface area contributed by atoms with E-state index in [0.717, 1.165) is 24.3 Å². The second kappa shape index (κ2) is 4.69. The standard InChI is InChI=1S/C10H10F2O2/c1-2-14-10(13)8-5-3-7(11)4-6-9(8)12/h3-6,8H,2H2,1H3. The topological polar surface area (TPSA) is 26.3 Å². The predicted molar refractivity (Wildman–Crippen MR) is 47.6 cm³/mol. The van der Waals surface area contributed by atoms with Gasteiger partial charge in [-0.1, -0.05) is 6.08 Å². The molecule has 2 nitrogen and oxygen atoms in total. The van der Waals surface area contributed by atoms with E-state index in [2.05, 4.69) is 4.74 Å². The molecule has 0 bridgehead atoms. The molecule has 0 aromatic heterocycles. The van der Waals surface area contributed by atoms with Gasteiger partial charge >= 0.3 is 5.97 Å². The quantitative estimate of drug-likeness (QED) is 0.640. The van der Waals surface area contributed by atoms with Crippen LogP contribution in [0.1, 0.15) is 6.92 Å². The predicted octanol–water partition coefficient (Wildman–Crippen LogP) is 2.44. The summed E-state index contributed by atoms with van der Waals surface area (Å²) < 4.78 is 30.4. The summed E-state index contributed by atoms with van der Waals surface area (Å²) in [7, 11) is 0. The molecule has 0 saturated heterocycles. The van der Waals surface area contributed by atoms with E-state index in [1.165, 1.54) is 0 Å². The van der Waals surface area contributed by atoms with E-state index in [9.17, 15) is 13.6 Å². The molecule has 1 atom stereocenters. The van der Waals surface area contributed by atoms with Gasteiger partial charge in [-0.2, -0.15) is 0 Å². The van der Waals surface area contributed by atoms with Gasteiger partial charge in [0.2, 0.25) is 0 Å². The highest BCUT2D eigenvalue weighted by molar-refractivity contribution is 5.77. The molecular weight excluding hydrogens is 190 g/mol.